The molecule has 0 saturated heterocycles. The smallest absolute Gasteiger partial charge is 0.181 e. The average molecular weight is 193 g/mol. The fourth-order valence-corrected chi connectivity index (χ4v) is 1.12. The monoisotopic (exact) mass is 193 g/mol. The lowest BCUT2D eigenvalue weighted by molar-refractivity contribution is 0.272. The van der Waals surface area contributed by atoms with Crippen molar-refractivity contribution in [1.29, 1.82) is 0 Å². The van der Waals surface area contributed by atoms with Crippen LogP contribution in [0.15, 0.2) is 24.3 Å². The molecule has 5 heteroatoms. The number of hydrogen-bond acceptors (Lipinski definition) is 3. The predicted octanol–water partition coefficient (Wildman–Crippen LogP) is 1.10. The molecule has 4 nitrogen and oxygen atoms in total. The van der Waals surface area contributed by atoms with Crippen molar-refractivity contribution in [1.82, 2.24) is 15.2 Å². The summed E-state index contributed by atoms with van der Waals surface area (Å²) in [5, 5.41) is 15.1. The summed E-state index contributed by atoms with van der Waals surface area (Å²) in [6.45, 7) is -0.206. The van der Waals surface area contributed by atoms with Crippen molar-refractivity contribution in [2.75, 3.05) is 0 Å². The van der Waals surface area contributed by atoms with Gasteiger partial charge in [-0.2, -0.15) is 5.10 Å². The van der Waals surface area contributed by atoms with Gasteiger partial charge in [-0.3, -0.25) is 5.10 Å². The second-order valence-corrected chi connectivity index (χ2v) is 2.77. The first-order valence-corrected chi connectivity index (χ1v) is 4.07. The van der Waals surface area contributed by atoms with Gasteiger partial charge in [-0.15, -0.1) is 0 Å². The number of halogens is 1. The van der Waals surface area contributed by atoms with E-state index in [0.717, 1.165) is 0 Å². The van der Waals surface area contributed by atoms with Crippen molar-refractivity contribution in [2.24, 2.45) is 0 Å². The molecule has 0 radical (unpaired) electrons. The van der Waals surface area contributed by atoms with E-state index in [1.54, 1.807) is 12.1 Å². The maximum absolute atomic E-state index is 12.8. The largest absolute Gasteiger partial charge is 0.388 e. The van der Waals surface area contributed by atoms with Gasteiger partial charge in [0.25, 0.3) is 0 Å². The average Bonchev–Trinajstić information content (AvgIpc) is 2.66. The Hall–Kier alpha value is -1.75. The van der Waals surface area contributed by atoms with Crippen LogP contribution in [0.1, 0.15) is 5.82 Å². The molecule has 14 heavy (non-hydrogen) atoms. The zero-order valence-corrected chi connectivity index (χ0v) is 7.24. The Labute approximate surface area is 79.4 Å². The Morgan fingerprint density at radius 3 is 2.93 bits per heavy atom. The molecule has 2 N–H and O–H groups in total. The van der Waals surface area contributed by atoms with E-state index < -0.39 is 0 Å². The Bertz CT molecular complexity index is 441. The first-order valence-electron chi connectivity index (χ1n) is 4.07. The van der Waals surface area contributed by atoms with E-state index >= 15 is 0 Å². The lowest BCUT2D eigenvalue weighted by Gasteiger charge is -1.93. The minimum atomic E-state index is -0.335. The van der Waals surface area contributed by atoms with Crippen LogP contribution in [0, 0.1) is 5.82 Å². The summed E-state index contributed by atoms with van der Waals surface area (Å²) in [7, 11) is 0. The van der Waals surface area contributed by atoms with E-state index in [1.807, 2.05) is 0 Å². The quantitative estimate of drug-likeness (QED) is 0.750. The van der Waals surface area contributed by atoms with E-state index in [2.05, 4.69) is 15.2 Å². The molecule has 72 valence electrons. The molecule has 0 spiro atoms. The molecule has 0 fully saturated rings. The molecule has 0 aliphatic rings. The van der Waals surface area contributed by atoms with Gasteiger partial charge < -0.3 is 5.11 Å². The Morgan fingerprint density at radius 2 is 2.29 bits per heavy atom. The van der Waals surface area contributed by atoms with E-state index in [-0.39, 0.29) is 12.4 Å². The minimum absolute atomic E-state index is 0.206. The summed E-state index contributed by atoms with van der Waals surface area (Å²) in [5.74, 6) is 0.413. The van der Waals surface area contributed by atoms with Crippen molar-refractivity contribution in [2.45, 2.75) is 6.61 Å². The molecule has 0 aliphatic carbocycles. The number of benzene rings is 1. The first kappa shape index (κ1) is 8.83. The summed E-state index contributed by atoms with van der Waals surface area (Å²) >= 11 is 0. The highest BCUT2D eigenvalue weighted by atomic mass is 19.1. The number of aliphatic hydroxyl groups excluding tert-OH is 1. The number of aromatic nitrogens is 3. The highest BCUT2D eigenvalue weighted by Crippen LogP contribution is 2.15. The van der Waals surface area contributed by atoms with Crippen molar-refractivity contribution < 1.29 is 9.50 Å². The van der Waals surface area contributed by atoms with E-state index in [4.69, 9.17) is 5.11 Å². The standard InChI is InChI=1S/C9H8FN3O/c10-7-3-1-2-6(4-7)9-11-8(5-14)12-13-9/h1-4,14H,5H2,(H,11,12,13). The Kier molecular flexibility index (Phi) is 2.24. The molecule has 2 rings (SSSR count). The van der Waals surface area contributed by atoms with Crippen molar-refractivity contribution in [3.05, 3.63) is 35.9 Å². The van der Waals surface area contributed by atoms with Crippen molar-refractivity contribution in [3.63, 3.8) is 0 Å². The van der Waals surface area contributed by atoms with Crippen LogP contribution in [0.4, 0.5) is 4.39 Å². The van der Waals surface area contributed by atoms with Gasteiger partial charge in [0.2, 0.25) is 0 Å². The number of hydrogen-bond donors (Lipinski definition) is 2. The number of aliphatic hydroxyl groups is 1. The third-order valence-electron chi connectivity index (χ3n) is 1.76. The summed E-state index contributed by atoms with van der Waals surface area (Å²) < 4.78 is 12.8. The lowest BCUT2D eigenvalue weighted by Crippen LogP contribution is -1.85. The number of aromatic amines is 1. The summed E-state index contributed by atoms with van der Waals surface area (Å²) in [6, 6.07) is 5.97. The second kappa shape index (κ2) is 3.55. The molecule has 1 aromatic carbocycles. The molecule has 1 heterocycles. The molecule has 2 aromatic rings. The van der Waals surface area contributed by atoms with Gasteiger partial charge in [0, 0.05) is 5.56 Å². The van der Waals surface area contributed by atoms with Crippen molar-refractivity contribution in [3.8, 4) is 11.4 Å². The third kappa shape index (κ3) is 1.62. The second-order valence-electron chi connectivity index (χ2n) is 2.77. The zero-order valence-electron chi connectivity index (χ0n) is 7.24. The molecule has 0 atom stereocenters. The van der Waals surface area contributed by atoms with Crippen LogP contribution in [-0.2, 0) is 6.61 Å². The van der Waals surface area contributed by atoms with Gasteiger partial charge in [0.05, 0.1) is 0 Å². The topological polar surface area (TPSA) is 61.8 Å². The normalized spacial score (nSPS) is 10.4. The molecule has 0 saturated carbocycles. The van der Waals surface area contributed by atoms with E-state index in [1.165, 1.54) is 12.1 Å². The van der Waals surface area contributed by atoms with E-state index in [0.29, 0.717) is 17.2 Å². The lowest BCUT2D eigenvalue weighted by atomic mass is 10.2. The Morgan fingerprint density at radius 1 is 1.43 bits per heavy atom. The van der Waals surface area contributed by atoms with Crippen LogP contribution in [0.25, 0.3) is 11.4 Å². The fourth-order valence-electron chi connectivity index (χ4n) is 1.12. The highest BCUT2D eigenvalue weighted by molar-refractivity contribution is 5.54. The van der Waals surface area contributed by atoms with Gasteiger partial charge in [0.15, 0.2) is 11.6 Å². The number of nitrogens with zero attached hydrogens (tertiary/aromatic N) is 2. The molecule has 1 aromatic heterocycles. The van der Waals surface area contributed by atoms with Gasteiger partial charge in [-0.25, -0.2) is 9.37 Å². The zero-order chi connectivity index (χ0) is 9.97. The third-order valence-corrected chi connectivity index (χ3v) is 1.76. The SMILES string of the molecule is OCc1nc(-c2cccc(F)c2)n[nH]1. The van der Waals surface area contributed by atoms with Crippen LogP contribution in [0.3, 0.4) is 0 Å². The van der Waals surface area contributed by atoms with Crippen LogP contribution >= 0.6 is 0 Å². The predicted molar refractivity (Wildman–Crippen MR) is 47.7 cm³/mol. The minimum Gasteiger partial charge on any atom is -0.388 e. The summed E-state index contributed by atoms with van der Waals surface area (Å²) in [4.78, 5) is 3.96. The van der Waals surface area contributed by atoms with Gasteiger partial charge in [0.1, 0.15) is 12.4 Å². The fraction of sp³-hybridized carbons (Fsp3) is 0.111. The van der Waals surface area contributed by atoms with Gasteiger partial charge in [-0.05, 0) is 12.1 Å². The van der Waals surface area contributed by atoms with Crippen molar-refractivity contribution >= 4 is 0 Å². The van der Waals surface area contributed by atoms with Crippen LogP contribution < -0.4 is 0 Å². The van der Waals surface area contributed by atoms with Gasteiger partial charge >= 0.3 is 0 Å². The number of nitrogens with one attached hydrogen (secondary N) is 1. The highest BCUT2D eigenvalue weighted by Gasteiger charge is 2.05. The molecule has 0 aliphatic heterocycles. The molecule has 0 amide bonds. The molecular weight excluding hydrogens is 185 g/mol. The Balaban J connectivity index is 2.39. The van der Waals surface area contributed by atoms with Gasteiger partial charge in [-0.1, -0.05) is 12.1 Å². The van der Waals surface area contributed by atoms with Crippen LogP contribution in [-0.4, -0.2) is 20.3 Å². The maximum atomic E-state index is 12.8. The maximum Gasteiger partial charge on any atom is 0.181 e. The molecule has 0 unspecified atom stereocenters. The van der Waals surface area contributed by atoms with E-state index in [9.17, 15) is 4.39 Å². The summed E-state index contributed by atoms with van der Waals surface area (Å²) in [5.41, 5.74) is 0.584. The molecular formula is C9H8FN3O. The molecule has 0 bridgehead atoms. The summed E-state index contributed by atoms with van der Waals surface area (Å²) in [6.07, 6.45) is 0. The van der Waals surface area contributed by atoms with Crippen LogP contribution in [0.2, 0.25) is 0 Å². The first-order chi connectivity index (χ1) is 6.79. The number of H-pyrrole nitrogens is 1. The number of rotatable bonds is 2. The van der Waals surface area contributed by atoms with Crippen LogP contribution in [0.5, 0.6) is 0 Å².